The second kappa shape index (κ2) is 10.2. The Morgan fingerprint density at radius 2 is 2.00 bits per heavy atom. The molecule has 0 heterocycles. The molecule has 0 unspecified atom stereocenters. The van der Waals surface area contributed by atoms with Gasteiger partial charge in [-0.15, -0.1) is 0 Å². The van der Waals surface area contributed by atoms with Crippen LogP contribution in [0.2, 0.25) is 0 Å². The minimum absolute atomic E-state index is 0.587. The van der Waals surface area contributed by atoms with Crippen LogP contribution in [0.15, 0.2) is 22.7 Å². The first-order chi connectivity index (χ1) is 9.63. The molecule has 3 nitrogen and oxygen atoms in total. The van der Waals surface area contributed by atoms with Crippen molar-refractivity contribution in [2.24, 2.45) is 5.92 Å². The maximum atomic E-state index is 5.71. The molecule has 20 heavy (non-hydrogen) atoms. The van der Waals surface area contributed by atoms with E-state index in [4.69, 9.17) is 9.47 Å². The molecule has 1 N–H and O–H groups in total. The normalized spacial score (nSPS) is 11.1. The second-order valence-electron chi connectivity index (χ2n) is 5.19. The molecule has 0 radical (unpaired) electrons. The van der Waals surface area contributed by atoms with Crippen molar-refractivity contribution in [1.29, 1.82) is 0 Å². The lowest BCUT2D eigenvalue weighted by molar-refractivity contribution is 0.0923. The number of benzene rings is 1. The van der Waals surface area contributed by atoms with Gasteiger partial charge in [-0.25, -0.2) is 0 Å². The highest BCUT2D eigenvalue weighted by Gasteiger charge is 2.03. The number of halogens is 1. The maximum Gasteiger partial charge on any atom is 0.133 e. The number of hydrogen-bond acceptors (Lipinski definition) is 3. The lowest BCUT2D eigenvalue weighted by atomic mass is 10.1. The van der Waals surface area contributed by atoms with Gasteiger partial charge in [-0.2, -0.15) is 0 Å². The highest BCUT2D eigenvalue weighted by molar-refractivity contribution is 9.10. The molecule has 4 heteroatoms. The molecule has 114 valence electrons. The number of rotatable bonds is 10. The summed E-state index contributed by atoms with van der Waals surface area (Å²) in [7, 11) is 0. The van der Waals surface area contributed by atoms with Gasteiger partial charge in [-0.1, -0.05) is 26.8 Å². The van der Waals surface area contributed by atoms with Gasteiger partial charge in [0, 0.05) is 13.2 Å². The molecule has 1 aromatic carbocycles. The molecule has 0 aliphatic heterocycles. The van der Waals surface area contributed by atoms with Gasteiger partial charge in [0.25, 0.3) is 0 Å². The summed E-state index contributed by atoms with van der Waals surface area (Å²) in [4.78, 5) is 0. The van der Waals surface area contributed by atoms with Gasteiger partial charge in [0.05, 0.1) is 11.1 Å². The van der Waals surface area contributed by atoms with Crippen LogP contribution in [0.4, 0.5) is 0 Å². The first kappa shape index (κ1) is 17.5. The predicted molar refractivity (Wildman–Crippen MR) is 87.3 cm³/mol. The minimum atomic E-state index is 0.587. The number of nitrogens with one attached hydrogen (secondary N) is 1. The summed E-state index contributed by atoms with van der Waals surface area (Å²) in [5.74, 6) is 1.56. The Hall–Kier alpha value is -0.580. The van der Waals surface area contributed by atoms with E-state index in [1.807, 2.05) is 6.07 Å². The fourth-order valence-electron chi connectivity index (χ4n) is 1.67. The monoisotopic (exact) mass is 343 g/mol. The van der Waals surface area contributed by atoms with Crippen molar-refractivity contribution in [3.63, 3.8) is 0 Å². The standard InChI is InChI=1S/C16H26BrNO2/c1-4-18-12-14-5-6-16(15(17)11-14)20-10-9-19-8-7-13(2)3/h5-6,11,13,18H,4,7-10,12H2,1-3H3. The van der Waals surface area contributed by atoms with Gasteiger partial charge in [-0.3, -0.25) is 0 Å². The van der Waals surface area contributed by atoms with E-state index < -0.39 is 0 Å². The van der Waals surface area contributed by atoms with E-state index in [1.165, 1.54) is 5.56 Å². The second-order valence-corrected chi connectivity index (χ2v) is 6.04. The van der Waals surface area contributed by atoms with Crippen molar-refractivity contribution in [2.75, 3.05) is 26.4 Å². The molecule has 0 spiro atoms. The smallest absolute Gasteiger partial charge is 0.133 e. The van der Waals surface area contributed by atoms with Gasteiger partial charge in [0.15, 0.2) is 0 Å². The zero-order valence-corrected chi connectivity index (χ0v) is 14.3. The number of ether oxygens (including phenoxy) is 2. The van der Waals surface area contributed by atoms with Crippen LogP contribution < -0.4 is 10.1 Å². The summed E-state index contributed by atoms with van der Waals surface area (Å²) in [6.45, 7) is 10.4. The maximum absolute atomic E-state index is 5.71. The van der Waals surface area contributed by atoms with Crippen molar-refractivity contribution in [2.45, 2.75) is 33.7 Å². The van der Waals surface area contributed by atoms with Gasteiger partial charge in [-0.05, 0) is 52.5 Å². The van der Waals surface area contributed by atoms with Crippen molar-refractivity contribution < 1.29 is 9.47 Å². The molecular formula is C16H26BrNO2. The van der Waals surface area contributed by atoms with Gasteiger partial charge in [0.2, 0.25) is 0 Å². The summed E-state index contributed by atoms with van der Waals surface area (Å²) in [5, 5.41) is 3.30. The van der Waals surface area contributed by atoms with Crippen LogP contribution in [0.3, 0.4) is 0 Å². The zero-order chi connectivity index (χ0) is 14.8. The molecule has 0 atom stereocenters. The molecule has 0 aliphatic rings. The summed E-state index contributed by atoms with van der Waals surface area (Å²) >= 11 is 3.55. The molecule has 0 aliphatic carbocycles. The molecule has 0 fully saturated rings. The molecule has 0 aromatic heterocycles. The molecular weight excluding hydrogens is 318 g/mol. The van der Waals surface area contributed by atoms with Crippen molar-refractivity contribution in [1.82, 2.24) is 5.32 Å². The first-order valence-corrected chi connectivity index (χ1v) is 8.12. The Labute approximate surface area is 131 Å². The van der Waals surface area contributed by atoms with Crippen LogP contribution in [0.25, 0.3) is 0 Å². The van der Waals surface area contributed by atoms with E-state index >= 15 is 0 Å². The molecule has 0 amide bonds. The van der Waals surface area contributed by atoms with Gasteiger partial charge >= 0.3 is 0 Å². The van der Waals surface area contributed by atoms with Gasteiger partial charge < -0.3 is 14.8 Å². The van der Waals surface area contributed by atoms with E-state index in [1.54, 1.807) is 0 Å². The third kappa shape index (κ3) is 7.27. The summed E-state index contributed by atoms with van der Waals surface area (Å²) in [6, 6.07) is 6.19. The Bertz CT molecular complexity index is 383. The first-order valence-electron chi connectivity index (χ1n) is 7.33. The van der Waals surface area contributed by atoms with Crippen molar-refractivity contribution >= 4 is 15.9 Å². The predicted octanol–water partition coefficient (Wildman–Crippen LogP) is 4.00. The third-order valence-corrected chi connectivity index (χ3v) is 3.52. The number of hydrogen-bond donors (Lipinski definition) is 1. The minimum Gasteiger partial charge on any atom is -0.490 e. The Morgan fingerprint density at radius 3 is 2.65 bits per heavy atom. The molecule has 1 rings (SSSR count). The van der Waals surface area contributed by atoms with E-state index in [9.17, 15) is 0 Å². The molecule has 0 saturated heterocycles. The van der Waals surface area contributed by atoms with E-state index in [2.05, 4.69) is 54.2 Å². The van der Waals surface area contributed by atoms with Crippen LogP contribution in [0.1, 0.15) is 32.8 Å². The summed E-state index contributed by atoms with van der Waals surface area (Å²) in [6.07, 6.45) is 1.10. The van der Waals surface area contributed by atoms with Crippen LogP contribution in [-0.2, 0) is 11.3 Å². The topological polar surface area (TPSA) is 30.5 Å². The summed E-state index contributed by atoms with van der Waals surface area (Å²) in [5.41, 5.74) is 1.25. The molecule has 0 bridgehead atoms. The highest BCUT2D eigenvalue weighted by Crippen LogP contribution is 2.25. The Kier molecular flexibility index (Phi) is 8.90. The van der Waals surface area contributed by atoms with Gasteiger partial charge in [0.1, 0.15) is 12.4 Å². The van der Waals surface area contributed by atoms with Crippen LogP contribution in [-0.4, -0.2) is 26.4 Å². The lowest BCUT2D eigenvalue weighted by Gasteiger charge is -2.11. The molecule has 1 aromatic rings. The third-order valence-electron chi connectivity index (χ3n) is 2.90. The van der Waals surface area contributed by atoms with Crippen molar-refractivity contribution in [3.05, 3.63) is 28.2 Å². The quantitative estimate of drug-likeness (QED) is 0.651. The Balaban J connectivity index is 2.26. The zero-order valence-electron chi connectivity index (χ0n) is 12.7. The summed E-state index contributed by atoms with van der Waals surface area (Å²) < 4.78 is 12.2. The fraction of sp³-hybridized carbons (Fsp3) is 0.625. The lowest BCUT2D eigenvalue weighted by Crippen LogP contribution is -2.12. The van der Waals surface area contributed by atoms with Crippen molar-refractivity contribution in [3.8, 4) is 5.75 Å². The van der Waals surface area contributed by atoms with Crippen LogP contribution in [0, 0.1) is 5.92 Å². The molecule has 0 saturated carbocycles. The van der Waals surface area contributed by atoms with E-state index in [0.29, 0.717) is 19.1 Å². The largest absolute Gasteiger partial charge is 0.490 e. The van der Waals surface area contributed by atoms with Crippen LogP contribution in [0.5, 0.6) is 5.75 Å². The SMILES string of the molecule is CCNCc1ccc(OCCOCCC(C)C)c(Br)c1. The van der Waals surface area contributed by atoms with Crippen LogP contribution >= 0.6 is 15.9 Å². The average Bonchev–Trinajstić information content (AvgIpc) is 2.41. The van der Waals surface area contributed by atoms with E-state index in [-0.39, 0.29) is 0 Å². The fourth-order valence-corrected chi connectivity index (χ4v) is 2.21. The van der Waals surface area contributed by atoms with E-state index in [0.717, 1.165) is 36.3 Å². The Morgan fingerprint density at radius 1 is 1.20 bits per heavy atom. The highest BCUT2D eigenvalue weighted by atomic mass is 79.9. The average molecular weight is 344 g/mol.